The fourth-order valence-corrected chi connectivity index (χ4v) is 2.50. The Labute approximate surface area is 112 Å². The summed E-state index contributed by atoms with van der Waals surface area (Å²) < 4.78 is 12.8. The van der Waals surface area contributed by atoms with E-state index in [1.807, 2.05) is 0 Å². The highest BCUT2D eigenvalue weighted by atomic mass is 19.1. The van der Waals surface area contributed by atoms with Gasteiger partial charge in [0.05, 0.1) is 0 Å². The van der Waals surface area contributed by atoms with Gasteiger partial charge in [0.1, 0.15) is 5.82 Å². The number of halogens is 1. The van der Waals surface area contributed by atoms with Crippen molar-refractivity contribution in [3.05, 3.63) is 71.0 Å². The zero-order valence-electron chi connectivity index (χ0n) is 10.8. The Hall–Kier alpha value is -1.96. The quantitative estimate of drug-likeness (QED) is 0.753. The minimum atomic E-state index is -0.303. The second-order valence-electron chi connectivity index (χ2n) is 5.23. The number of hydrogen-bond donors (Lipinski definition) is 0. The van der Waals surface area contributed by atoms with E-state index < -0.39 is 0 Å². The maximum Gasteiger partial charge on any atom is 0.166 e. The largest absolute Gasteiger partial charge is 0.294 e. The zero-order chi connectivity index (χ0) is 13.4. The summed E-state index contributed by atoms with van der Waals surface area (Å²) in [4.78, 5) is 12.2. The molecule has 0 radical (unpaired) electrons. The third kappa shape index (κ3) is 2.43. The molecule has 0 amide bonds. The minimum absolute atomic E-state index is 0.0631. The Morgan fingerprint density at radius 1 is 1.05 bits per heavy atom. The number of rotatable bonds is 3. The molecule has 1 saturated carbocycles. The van der Waals surface area contributed by atoms with Crippen LogP contribution in [0.3, 0.4) is 0 Å². The summed E-state index contributed by atoms with van der Waals surface area (Å²) in [6.07, 6.45) is 0.902. The molecule has 96 valence electrons. The first-order chi connectivity index (χ1) is 9.15. The molecule has 19 heavy (non-hydrogen) atoms. The van der Waals surface area contributed by atoms with Crippen LogP contribution in [0.15, 0.2) is 48.5 Å². The van der Waals surface area contributed by atoms with E-state index in [2.05, 4.69) is 31.2 Å². The fraction of sp³-hybridized carbons (Fsp3) is 0.235. The van der Waals surface area contributed by atoms with E-state index in [1.54, 1.807) is 12.1 Å². The molecule has 0 aromatic heterocycles. The molecular weight excluding hydrogens is 239 g/mol. The Balaban J connectivity index is 1.74. The first-order valence-corrected chi connectivity index (χ1v) is 6.51. The molecule has 1 fully saturated rings. The van der Waals surface area contributed by atoms with Crippen molar-refractivity contribution in [2.75, 3.05) is 0 Å². The molecule has 0 spiro atoms. The molecule has 0 aliphatic heterocycles. The molecule has 0 saturated heterocycles. The standard InChI is InChI=1S/C17H15FO/c1-11-2-4-12(5-3-11)15-10-16(15)17(19)13-6-8-14(18)9-7-13/h2-9,15-16H,10H2,1H3/t15-,16-/m0/s1. The van der Waals surface area contributed by atoms with Crippen molar-refractivity contribution < 1.29 is 9.18 Å². The molecule has 1 nitrogen and oxygen atoms in total. The third-order valence-electron chi connectivity index (χ3n) is 3.76. The van der Waals surface area contributed by atoms with Gasteiger partial charge in [0.25, 0.3) is 0 Å². The van der Waals surface area contributed by atoms with E-state index in [4.69, 9.17) is 0 Å². The van der Waals surface area contributed by atoms with Gasteiger partial charge in [-0.2, -0.15) is 0 Å². The van der Waals surface area contributed by atoms with Crippen LogP contribution in [0.2, 0.25) is 0 Å². The molecule has 0 unspecified atom stereocenters. The smallest absolute Gasteiger partial charge is 0.166 e. The van der Waals surface area contributed by atoms with Crippen LogP contribution in [0, 0.1) is 18.7 Å². The predicted molar refractivity (Wildman–Crippen MR) is 72.8 cm³/mol. The summed E-state index contributed by atoms with van der Waals surface area (Å²) in [5.41, 5.74) is 3.07. The number of Topliss-reactive ketones (excluding diaryl/α,β-unsaturated/α-hetero) is 1. The van der Waals surface area contributed by atoms with Crippen molar-refractivity contribution in [1.82, 2.24) is 0 Å². The highest BCUT2D eigenvalue weighted by Crippen LogP contribution is 2.49. The van der Waals surface area contributed by atoms with Crippen molar-refractivity contribution in [3.63, 3.8) is 0 Å². The maximum absolute atomic E-state index is 12.8. The number of hydrogen-bond acceptors (Lipinski definition) is 1. The number of aryl methyl sites for hydroxylation is 1. The number of benzene rings is 2. The van der Waals surface area contributed by atoms with Crippen molar-refractivity contribution in [2.45, 2.75) is 19.3 Å². The lowest BCUT2D eigenvalue weighted by Gasteiger charge is -2.02. The van der Waals surface area contributed by atoms with Crippen molar-refractivity contribution >= 4 is 5.78 Å². The molecule has 2 aromatic rings. The van der Waals surface area contributed by atoms with Gasteiger partial charge >= 0.3 is 0 Å². The van der Waals surface area contributed by atoms with E-state index in [0.29, 0.717) is 11.5 Å². The number of ketones is 1. The van der Waals surface area contributed by atoms with Gasteiger partial charge in [0.15, 0.2) is 5.78 Å². The Morgan fingerprint density at radius 2 is 1.68 bits per heavy atom. The van der Waals surface area contributed by atoms with Gasteiger partial charge in [0, 0.05) is 11.5 Å². The second-order valence-corrected chi connectivity index (χ2v) is 5.23. The topological polar surface area (TPSA) is 17.1 Å². The van der Waals surface area contributed by atoms with Crippen LogP contribution in [0.1, 0.15) is 33.8 Å². The van der Waals surface area contributed by atoms with Crippen molar-refractivity contribution in [3.8, 4) is 0 Å². The van der Waals surface area contributed by atoms with Gasteiger partial charge in [-0.1, -0.05) is 29.8 Å². The summed E-state index contributed by atoms with van der Waals surface area (Å²) in [5.74, 6) is 0.222. The van der Waals surface area contributed by atoms with Gasteiger partial charge in [-0.15, -0.1) is 0 Å². The molecule has 3 rings (SSSR count). The molecule has 2 atom stereocenters. The van der Waals surface area contributed by atoms with Crippen LogP contribution in [0.25, 0.3) is 0 Å². The lowest BCUT2D eigenvalue weighted by Crippen LogP contribution is -2.03. The van der Waals surface area contributed by atoms with Gasteiger partial charge in [-0.05, 0) is 49.1 Å². The van der Waals surface area contributed by atoms with Gasteiger partial charge in [0.2, 0.25) is 0 Å². The van der Waals surface area contributed by atoms with E-state index in [-0.39, 0.29) is 17.5 Å². The first-order valence-electron chi connectivity index (χ1n) is 6.51. The zero-order valence-corrected chi connectivity index (χ0v) is 10.8. The summed E-state index contributed by atoms with van der Waals surface area (Å²) in [6, 6.07) is 14.2. The average Bonchev–Trinajstić information content (AvgIpc) is 3.20. The van der Waals surface area contributed by atoms with E-state index >= 15 is 0 Å². The van der Waals surface area contributed by atoms with Crippen LogP contribution in [-0.4, -0.2) is 5.78 Å². The van der Waals surface area contributed by atoms with Crippen LogP contribution in [0.5, 0.6) is 0 Å². The fourth-order valence-electron chi connectivity index (χ4n) is 2.50. The second kappa shape index (κ2) is 4.61. The lowest BCUT2D eigenvalue weighted by molar-refractivity contribution is 0.0965. The van der Waals surface area contributed by atoms with Crippen LogP contribution < -0.4 is 0 Å². The SMILES string of the molecule is Cc1ccc([C@@H]2C[C@@H]2C(=O)c2ccc(F)cc2)cc1. The Kier molecular flexibility index (Phi) is 2.94. The number of carbonyl (C=O) groups is 1. The number of carbonyl (C=O) groups excluding carboxylic acids is 1. The molecule has 0 heterocycles. The summed E-state index contributed by atoms with van der Waals surface area (Å²) in [7, 11) is 0. The molecule has 1 aliphatic rings. The average molecular weight is 254 g/mol. The van der Waals surface area contributed by atoms with Crippen molar-refractivity contribution in [2.24, 2.45) is 5.92 Å². The summed E-state index contributed by atoms with van der Waals surface area (Å²) >= 11 is 0. The molecular formula is C17H15FO. The molecule has 2 aromatic carbocycles. The van der Waals surface area contributed by atoms with Gasteiger partial charge in [-0.25, -0.2) is 4.39 Å². The lowest BCUT2D eigenvalue weighted by atomic mass is 10.0. The molecule has 0 bridgehead atoms. The van der Waals surface area contributed by atoms with E-state index in [0.717, 1.165) is 6.42 Å². The predicted octanol–water partition coefficient (Wildman–Crippen LogP) is 4.12. The van der Waals surface area contributed by atoms with E-state index in [1.165, 1.54) is 23.3 Å². The third-order valence-corrected chi connectivity index (χ3v) is 3.76. The Morgan fingerprint density at radius 3 is 2.32 bits per heavy atom. The maximum atomic E-state index is 12.8. The molecule has 2 heteroatoms. The van der Waals surface area contributed by atoms with E-state index in [9.17, 15) is 9.18 Å². The first kappa shape index (κ1) is 12.1. The highest BCUT2D eigenvalue weighted by molar-refractivity contribution is 6.00. The molecule has 1 aliphatic carbocycles. The summed E-state index contributed by atoms with van der Waals surface area (Å²) in [6.45, 7) is 2.05. The molecule has 0 N–H and O–H groups in total. The monoisotopic (exact) mass is 254 g/mol. The normalized spacial score (nSPS) is 21.2. The minimum Gasteiger partial charge on any atom is -0.294 e. The Bertz CT molecular complexity index is 598. The van der Waals surface area contributed by atoms with Crippen molar-refractivity contribution in [1.29, 1.82) is 0 Å². The highest BCUT2D eigenvalue weighted by Gasteiger charge is 2.43. The van der Waals surface area contributed by atoms with Gasteiger partial charge in [-0.3, -0.25) is 4.79 Å². The van der Waals surface area contributed by atoms with Gasteiger partial charge < -0.3 is 0 Å². The van der Waals surface area contributed by atoms with Crippen LogP contribution >= 0.6 is 0 Å². The van der Waals surface area contributed by atoms with Crippen LogP contribution in [-0.2, 0) is 0 Å². The summed E-state index contributed by atoms with van der Waals surface area (Å²) in [5, 5.41) is 0. The van der Waals surface area contributed by atoms with Crippen LogP contribution in [0.4, 0.5) is 4.39 Å².